The van der Waals surface area contributed by atoms with Crippen LogP contribution >= 0.6 is 11.3 Å². The predicted octanol–water partition coefficient (Wildman–Crippen LogP) is 5.96. The van der Waals surface area contributed by atoms with Crippen molar-refractivity contribution in [1.29, 1.82) is 0 Å². The van der Waals surface area contributed by atoms with E-state index in [2.05, 4.69) is 38.6 Å². The highest BCUT2D eigenvalue weighted by molar-refractivity contribution is 7.91. The lowest BCUT2D eigenvalue weighted by atomic mass is 10.0. The van der Waals surface area contributed by atoms with Gasteiger partial charge in [0.15, 0.2) is 8.32 Å². The second kappa shape index (κ2) is 9.91. The van der Waals surface area contributed by atoms with E-state index < -0.39 is 18.3 Å². The number of aryl methyl sites for hydroxylation is 1. The van der Waals surface area contributed by atoms with Gasteiger partial charge in [0.05, 0.1) is 12.7 Å². The fourth-order valence-electron chi connectivity index (χ4n) is 3.32. The van der Waals surface area contributed by atoms with E-state index in [9.17, 15) is 13.2 Å². The number of benzene rings is 2. The number of hydrogen-bond donors (Lipinski definition) is 1. The van der Waals surface area contributed by atoms with E-state index in [1.807, 2.05) is 37.3 Å². The van der Waals surface area contributed by atoms with Gasteiger partial charge in [-0.2, -0.15) is 0 Å². The highest BCUT2D eigenvalue weighted by Crippen LogP contribution is 2.37. The van der Waals surface area contributed by atoms with Gasteiger partial charge in [0.2, 0.25) is 10.0 Å². The van der Waals surface area contributed by atoms with Crippen LogP contribution in [0.25, 0.3) is 21.2 Å². The molecule has 0 bridgehead atoms. The van der Waals surface area contributed by atoms with Gasteiger partial charge in [-0.25, -0.2) is 17.9 Å². The standard InChI is InChI=1S/C25H33NO5S2Si/c1-17-21-16-20(18-8-10-19(11-9-18)23(27)30-5)12-13-22(21)32-24(17)33(28,29)26-14-15-31-34(6,7)25(2,3)4/h8-13,16,26H,14-15H2,1-7H3. The second-order valence-corrected chi connectivity index (χ2v) is 17.6. The molecule has 0 atom stereocenters. The van der Waals surface area contributed by atoms with E-state index in [4.69, 9.17) is 9.16 Å². The van der Waals surface area contributed by atoms with E-state index in [1.54, 1.807) is 12.1 Å². The Morgan fingerprint density at radius 3 is 2.26 bits per heavy atom. The van der Waals surface area contributed by atoms with Crippen molar-refractivity contribution in [1.82, 2.24) is 4.72 Å². The zero-order valence-electron chi connectivity index (χ0n) is 20.8. The molecule has 9 heteroatoms. The Morgan fingerprint density at radius 1 is 1.06 bits per heavy atom. The molecule has 0 radical (unpaired) electrons. The minimum atomic E-state index is -3.65. The van der Waals surface area contributed by atoms with Crippen LogP contribution in [-0.2, 0) is 19.2 Å². The van der Waals surface area contributed by atoms with Gasteiger partial charge in [0, 0.05) is 17.9 Å². The Morgan fingerprint density at radius 2 is 1.68 bits per heavy atom. The summed E-state index contributed by atoms with van der Waals surface area (Å²) in [6.07, 6.45) is 0. The van der Waals surface area contributed by atoms with Crippen molar-refractivity contribution in [2.24, 2.45) is 0 Å². The van der Waals surface area contributed by atoms with Crippen LogP contribution in [0.2, 0.25) is 18.1 Å². The Hall–Kier alpha value is -2.04. The van der Waals surface area contributed by atoms with Crippen LogP contribution in [0, 0.1) is 6.92 Å². The van der Waals surface area contributed by atoms with Crippen LogP contribution < -0.4 is 4.72 Å². The number of thiophene rings is 1. The first kappa shape index (κ1) is 26.6. The zero-order valence-corrected chi connectivity index (χ0v) is 23.4. The van der Waals surface area contributed by atoms with E-state index in [-0.39, 0.29) is 17.6 Å². The van der Waals surface area contributed by atoms with Gasteiger partial charge in [-0.05, 0) is 71.4 Å². The Kier molecular flexibility index (Phi) is 7.74. The summed E-state index contributed by atoms with van der Waals surface area (Å²) >= 11 is 1.27. The second-order valence-electron chi connectivity index (χ2n) is 9.80. The highest BCUT2D eigenvalue weighted by Gasteiger charge is 2.37. The number of sulfonamides is 1. The number of rotatable bonds is 8. The molecule has 1 aromatic heterocycles. The summed E-state index contributed by atoms with van der Waals surface area (Å²) in [6.45, 7) is 13.2. The molecule has 0 spiro atoms. The lowest BCUT2D eigenvalue weighted by Crippen LogP contribution is -2.42. The average Bonchev–Trinajstić information content (AvgIpc) is 3.12. The largest absolute Gasteiger partial charge is 0.465 e. The molecule has 3 aromatic rings. The van der Waals surface area contributed by atoms with E-state index in [0.29, 0.717) is 16.4 Å². The Balaban J connectivity index is 1.79. The SMILES string of the molecule is COC(=O)c1ccc(-c2ccc3sc(S(=O)(=O)NCCO[Si](C)(C)C(C)(C)C)c(C)c3c2)cc1. The quantitative estimate of drug-likeness (QED) is 0.225. The maximum atomic E-state index is 13.0. The Labute approximate surface area is 207 Å². The molecule has 3 rings (SSSR count). The fourth-order valence-corrected chi connectivity index (χ4v) is 7.16. The molecule has 0 aliphatic rings. The van der Waals surface area contributed by atoms with Crippen molar-refractivity contribution in [3.05, 3.63) is 53.6 Å². The molecular weight excluding hydrogens is 486 g/mol. The zero-order chi connectivity index (χ0) is 25.3. The smallest absolute Gasteiger partial charge is 0.337 e. The van der Waals surface area contributed by atoms with E-state index in [1.165, 1.54) is 18.4 Å². The summed E-state index contributed by atoms with van der Waals surface area (Å²) in [7, 11) is -4.22. The third kappa shape index (κ3) is 5.60. The van der Waals surface area contributed by atoms with Gasteiger partial charge in [0.1, 0.15) is 4.21 Å². The summed E-state index contributed by atoms with van der Waals surface area (Å²) in [4.78, 5) is 11.7. The highest BCUT2D eigenvalue weighted by atomic mass is 32.2. The van der Waals surface area contributed by atoms with Crippen LogP contribution in [0.15, 0.2) is 46.7 Å². The molecule has 1 heterocycles. The van der Waals surface area contributed by atoms with Gasteiger partial charge in [-0.3, -0.25) is 0 Å². The summed E-state index contributed by atoms with van der Waals surface area (Å²) in [5.41, 5.74) is 3.09. The normalized spacial score (nSPS) is 12.8. The first-order valence-electron chi connectivity index (χ1n) is 11.1. The summed E-state index contributed by atoms with van der Waals surface area (Å²) < 4.78 is 40.9. The van der Waals surface area contributed by atoms with Crippen LogP contribution in [-0.4, -0.2) is 43.0 Å². The van der Waals surface area contributed by atoms with Gasteiger partial charge in [-0.1, -0.05) is 39.0 Å². The maximum absolute atomic E-state index is 13.0. The molecule has 0 aliphatic heterocycles. The summed E-state index contributed by atoms with van der Waals surface area (Å²) in [6, 6.07) is 13.1. The van der Waals surface area contributed by atoms with Gasteiger partial charge in [0.25, 0.3) is 0 Å². The van der Waals surface area contributed by atoms with E-state index >= 15 is 0 Å². The lowest BCUT2D eigenvalue weighted by molar-refractivity contribution is 0.0600. The molecule has 0 unspecified atom stereocenters. The number of carbonyl (C=O) groups excluding carboxylic acids is 1. The minimum Gasteiger partial charge on any atom is -0.465 e. The van der Waals surface area contributed by atoms with Gasteiger partial charge in [-0.15, -0.1) is 11.3 Å². The minimum absolute atomic E-state index is 0.0747. The van der Waals surface area contributed by atoms with Crippen LogP contribution in [0.3, 0.4) is 0 Å². The molecule has 34 heavy (non-hydrogen) atoms. The van der Waals surface area contributed by atoms with Gasteiger partial charge < -0.3 is 9.16 Å². The van der Waals surface area contributed by atoms with Crippen LogP contribution in [0.5, 0.6) is 0 Å². The summed E-state index contributed by atoms with van der Waals surface area (Å²) in [5, 5.41) is 0.975. The van der Waals surface area contributed by atoms with Gasteiger partial charge >= 0.3 is 5.97 Å². The predicted molar refractivity (Wildman–Crippen MR) is 142 cm³/mol. The average molecular weight is 520 g/mol. The van der Waals surface area contributed by atoms with Crippen molar-refractivity contribution in [2.45, 2.75) is 50.0 Å². The number of esters is 1. The number of fused-ring (bicyclic) bond motifs is 1. The van der Waals surface area contributed by atoms with Crippen LogP contribution in [0.4, 0.5) is 0 Å². The Bertz CT molecular complexity index is 1290. The fraction of sp³-hybridized carbons (Fsp3) is 0.400. The lowest BCUT2D eigenvalue weighted by Gasteiger charge is -2.36. The van der Waals surface area contributed by atoms with Crippen molar-refractivity contribution < 1.29 is 22.4 Å². The topological polar surface area (TPSA) is 81.7 Å². The number of carbonyl (C=O) groups is 1. The number of ether oxygens (including phenoxy) is 1. The number of hydrogen-bond acceptors (Lipinski definition) is 6. The molecule has 6 nitrogen and oxygen atoms in total. The van der Waals surface area contributed by atoms with Crippen molar-refractivity contribution in [3.63, 3.8) is 0 Å². The summed E-state index contributed by atoms with van der Waals surface area (Å²) in [5.74, 6) is -0.382. The van der Waals surface area contributed by atoms with Crippen molar-refractivity contribution in [3.8, 4) is 11.1 Å². The van der Waals surface area contributed by atoms with E-state index in [0.717, 1.165) is 26.8 Å². The molecular formula is C25H33NO5S2Si. The molecule has 1 N–H and O–H groups in total. The molecule has 2 aromatic carbocycles. The number of methoxy groups -OCH3 is 1. The third-order valence-electron chi connectivity index (χ3n) is 6.44. The molecule has 0 fully saturated rings. The number of nitrogens with one attached hydrogen (secondary N) is 1. The van der Waals surface area contributed by atoms with Crippen molar-refractivity contribution in [2.75, 3.05) is 20.3 Å². The monoisotopic (exact) mass is 519 g/mol. The van der Waals surface area contributed by atoms with Crippen molar-refractivity contribution >= 4 is 45.7 Å². The first-order valence-corrected chi connectivity index (χ1v) is 16.3. The molecule has 0 amide bonds. The first-order chi connectivity index (χ1) is 15.8. The third-order valence-corrected chi connectivity index (χ3v) is 14.3. The molecule has 0 saturated carbocycles. The molecule has 0 aliphatic carbocycles. The van der Waals surface area contributed by atoms with Crippen LogP contribution in [0.1, 0.15) is 36.7 Å². The molecule has 184 valence electrons. The maximum Gasteiger partial charge on any atom is 0.337 e. The molecule has 0 saturated heterocycles.